The average Bonchev–Trinajstić information content (AvgIpc) is 2.93. The van der Waals surface area contributed by atoms with Crippen molar-refractivity contribution in [1.29, 1.82) is 0 Å². The van der Waals surface area contributed by atoms with Gasteiger partial charge in [-0.05, 0) is 31.5 Å². The molecule has 1 aromatic heterocycles. The van der Waals surface area contributed by atoms with Gasteiger partial charge in [-0.15, -0.1) is 5.10 Å². The Morgan fingerprint density at radius 2 is 2.19 bits per heavy atom. The van der Waals surface area contributed by atoms with E-state index < -0.39 is 11.6 Å². The van der Waals surface area contributed by atoms with E-state index in [4.69, 9.17) is 5.11 Å². The molecule has 1 heterocycles. The SMILES string of the molecule is CC(NCc1cn(CCCO)nn1)c1cc(F)ccc1F. The second-order valence-corrected chi connectivity index (χ2v) is 4.82. The number of aryl methyl sites for hydroxylation is 1. The molecule has 7 heteroatoms. The number of hydrogen-bond donors (Lipinski definition) is 2. The van der Waals surface area contributed by atoms with Crippen LogP contribution in [0.15, 0.2) is 24.4 Å². The predicted molar refractivity (Wildman–Crippen MR) is 73.3 cm³/mol. The fraction of sp³-hybridized carbons (Fsp3) is 0.429. The lowest BCUT2D eigenvalue weighted by Gasteiger charge is -2.14. The number of nitrogens with zero attached hydrogens (tertiary/aromatic N) is 3. The number of aliphatic hydroxyl groups excluding tert-OH is 1. The normalized spacial score (nSPS) is 12.6. The van der Waals surface area contributed by atoms with E-state index in [1.165, 1.54) is 6.07 Å². The van der Waals surface area contributed by atoms with E-state index in [1.807, 2.05) is 0 Å². The molecule has 2 N–H and O–H groups in total. The molecule has 0 radical (unpaired) electrons. The molecule has 0 bridgehead atoms. The van der Waals surface area contributed by atoms with Crippen LogP contribution in [0.5, 0.6) is 0 Å². The molecular formula is C14H18F2N4O. The molecule has 5 nitrogen and oxygen atoms in total. The molecule has 21 heavy (non-hydrogen) atoms. The minimum atomic E-state index is -0.463. The Kier molecular flexibility index (Phi) is 5.35. The van der Waals surface area contributed by atoms with Gasteiger partial charge < -0.3 is 10.4 Å². The van der Waals surface area contributed by atoms with Crippen molar-refractivity contribution in [2.45, 2.75) is 32.5 Å². The number of benzene rings is 1. The minimum absolute atomic E-state index is 0.101. The van der Waals surface area contributed by atoms with Gasteiger partial charge in [0.25, 0.3) is 0 Å². The van der Waals surface area contributed by atoms with Gasteiger partial charge in [0.15, 0.2) is 0 Å². The summed E-state index contributed by atoms with van der Waals surface area (Å²) in [6.45, 7) is 2.85. The fourth-order valence-corrected chi connectivity index (χ4v) is 1.98. The summed E-state index contributed by atoms with van der Waals surface area (Å²) in [7, 11) is 0. The third-order valence-electron chi connectivity index (χ3n) is 3.15. The van der Waals surface area contributed by atoms with E-state index in [-0.39, 0.29) is 18.2 Å². The summed E-state index contributed by atoms with van der Waals surface area (Å²) in [5, 5.41) is 19.7. The molecule has 0 aliphatic rings. The van der Waals surface area contributed by atoms with Crippen molar-refractivity contribution in [3.05, 3.63) is 47.3 Å². The lowest BCUT2D eigenvalue weighted by Crippen LogP contribution is -2.19. The molecular weight excluding hydrogens is 278 g/mol. The predicted octanol–water partition coefficient (Wildman–Crippen LogP) is 1.79. The molecule has 114 valence electrons. The topological polar surface area (TPSA) is 63.0 Å². The van der Waals surface area contributed by atoms with Gasteiger partial charge in [0.2, 0.25) is 0 Å². The molecule has 0 amide bonds. The number of aliphatic hydroxyl groups is 1. The van der Waals surface area contributed by atoms with Gasteiger partial charge in [-0.3, -0.25) is 4.68 Å². The van der Waals surface area contributed by atoms with Gasteiger partial charge in [0, 0.05) is 37.5 Å². The van der Waals surface area contributed by atoms with Crippen molar-refractivity contribution in [2.24, 2.45) is 0 Å². The van der Waals surface area contributed by atoms with Crippen LogP contribution in [0.2, 0.25) is 0 Å². The van der Waals surface area contributed by atoms with Crippen LogP contribution in [0.3, 0.4) is 0 Å². The standard InChI is InChI=1S/C14H18F2N4O/c1-10(13-7-11(15)3-4-14(13)16)17-8-12-9-20(19-18-12)5-2-6-21/h3-4,7,9-10,17,21H,2,5-6,8H2,1H3. The highest BCUT2D eigenvalue weighted by atomic mass is 19.1. The van der Waals surface area contributed by atoms with Crippen molar-refractivity contribution in [3.8, 4) is 0 Å². The van der Waals surface area contributed by atoms with Gasteiger partial charge in [-0.2, -0.15) is 0 Å². The van der Waals surface area contributed by atoms with Crippen LogP contribution in [0.1, 0.15) is 30.6 Å². The van der Waals surface area contributed by atoms with Crippen molar-refractivity contribution in [1.82, 2.24) is 20.3 Å². The lowest BCUT2D eigenvalue weighted by atomic mass is 10.1. The summed E-state index contributed by atoms with van der Waals surface area (Å²) >= 11 is 0. The molecule has 0 aliphatic heterocycles. The third-order valence-corrected chi connectivity index (χ3v) is 3.15. The summed E-state index contributed by atoms with van der Waals surface area (Å²) in [4.78, 5) is 0. The quantitative estimate of drug-likeness (QED) is 0.817. The highest BCUT2D eigenvalue weighted by Gasteiger charge is 2.12. The second-order valence-electron chi connectivity index (χ2n) is 4.82. The van der Waals surface area contributed by atoms with Crippen LogP contribution in [0.4, 0.5) is 8.78 Å². The average molecular weight is 296 g/mol. The largest absolute Gasteiger partial charge is 0.396 e. The van der Waals surface area contributed by atoms with Crippen molar-refractivity contribution < 1.29 is 13.9 Å². The summed E-state index contributed by atoms with van der Waals surface area (Å²) in [6, 6.07) is 3.06. The monoisotopic (exact) mass is 296 g/mol. The Balaban J connectivity index is 1.93. The molecule has 1 atom stereocenters. The zero-order chi connectivity index (χ0) is 15.2. The Labute approximate surface area is 121 Å². The fourth-order valence-electron chi connectivity index (χ4n) is 1.98. The molecule has 1 aromatic carbocycles. The Hall–Kier alpha value is -1.86. The summed E-state index contributed by atoms with van der Waals surface area (Å²) in [6.07, 6.45) is 2.37. The smallest absolute Gasteiger partial charge is 0.128 e. The maximum atomic E-state index is 13.6. The zero-order valence-corrected chi connectivity index (χ0v) is 11.8. The lowest BCUT2D eigenvalue weighted by molar-refractivity contribution is 0.276. The van der Waals surface area contributed by atoms with Crippen LogP contribution in [0.25, 0.3) is 0 Å². The number of aromatic nitrogens is 3. The first kappa shape index (κ1) is 15.5. The maximum absolute atomic E-state index is 13.6. The molecule has 0 fully saturated rings. The van der Waals surface area contributed by atoms with Crippen LogP contribution in [-0.4, -0.2) is 26.7 Å². The summed E-state index contributed by atoms with van der Waals surface area (Å²) in [5.74, 6) is -0.905. The van der Waals surface area contributed by atoms with E-state index in [1.54, 1.807) is 17.8 Å². The highest BCUT2D eigenvalue weighted by Crippen LogP contribution is 2.18. The first-order valence-electron chi connectivity index (χ1n) is 6.78. The van der Waals surface area contributed by atoms with Gasteiger partial charge in [0.1, 0.15) is 11.6 Å². The molecule has 1 unspecified atom stereocenters. The van der Waals surface area contributed by atoms with Crippen LogP contribution < -0.4 is 5.32 Å². The molecule has 2 aromatic rings. The van der Waals surface area contributed by atoms with Crippen molar-refractivity contribution in [2.75, 3.05) is 6.61 Å². The van der Waals surface area contributed by atoms with E-state index in [0.717, 1.165) is 12.1 Å². The number of hydrogen-bond acceptors (Lipinski definition) is 4. The van der Waals surface area contributed by atoms with Gasteiger partial charge in [-0.1, -0.05) is 5.21 Å². The van der Waals surface area contributed by atoms with Crippen LogP contribution in [-0.2, 0) is 13.1 Å². The van der Waals surface area contributed by atoms with E-state index in [2.05, 4.69) is 15.6 Å². The van der Waals surface area contributed by atoms with E-state index >= 15 is 0 Å². The van der Waals surface area contributed by atoms with Gasteiger partial charge in [0.05, 0.1) is 5.69 Å². The van der Waals surface area contributed by atoms with Crippen LogP contribution >= 0.6 is 0 Å². The van der Waals surface area contributed by atoms with Crippen LogP contribution in [0, 0.1) is 11.6 Å². The zero-order valence-electron chi connectivity index (χ0n) is 11.8. The molecule has 0 aliphatic carbocycles. The molecule has 0 spiro atoms. The molecule has 0 saturated carbocycles. The van der Waals surface area contributed by atoms with Crippen molar-refractivity contribution in [3.63, 3.8) is 0 Å². The van der Waals surface area contributed by atoms with E-state index in [9.17, 15) is 8.78 Å². The van der Waals surface area contributed by atoms with Gasteiger partial charge >= 0.3 is 0 Å². The Morgan fingerprint density at radius 3 is 2.95 bits per heavy atom. The Bertz CT molecular complexity index is 588. The number of rotatable bonds is 7. The maximum Gasteiger partial charge on any atom is 0.128 e. The summed E-state index contributed by atoms with van der Waals surface area (Å²) in [5.41, 5.74) is 0.985. The Morgan fingerprint density at radius 1 is 1.38 bits per heavy atom. The summed E-state index contributed by atoms with van der Waals surface area (Å²) < 4.78 is 28.4. The van der Waals surface area contributed by atoms with Crippen molar-refractivity contribution >= 4 is 0 Å². The molecule has 2 rings (SSSR count). The third kappa shape index (κ3) is 4.30. The molecule has 0 saturated heterocycles. The van der Waals surface area contributed by atoms with E-state index in [0.29, 0.717) is 25.2 Å². The number of nitrogens with one attached hydrogen (secondary N) is 1. The highest BCUT2D eigenvalue weighted by molar-refractivity contribution is 5.21. The minimum Gasteiger partial charge on any atom is -0.396 e. The number of halogens is 2. The first-order chi connectivity index (χ1) is 10.1. The first-order valence-corrected chi connectivity index (χ1v) is 6.78. The second kappa shape index (κ2) is 7.24. The van der Waals surface area contributed by atoms with Gasteiger partial charge in [-0.25, -0.2) is 8.78 Å².